The second-order valence-electron chi connectivity index (χ2n) is 3.84. The Labute approximate surface area is 115 Å². The summed E-state index contributed by atoms with van der Waals surface area (Å²) in [6.07, 6.45) is 5.22. The van der Waals surface area contributed by atoms with E-state index in [-0.39, 0.29) is 0 Å². The standard InChI is InChI=1S/C13H17N4OP/c1-3-4-10-13(16-8-19)18-12(17-10)9-5-6-11(14-2)15-7-9/h4-7H,3,8,19H2,1-2H3,(H,14,15)/b10-4+,16-13+. The molecule has 0 aliphatic carbocycles. The molecule has 2 heterocycles. The van der Waals surface area contributed by atoms with E-state index >= 15 is 0 Å². The van der Waals surface area contributed by atoms with E-state index in [2.05, 4.69) is 36.4 Å². The fourth-order valence-corrected chi connectivity index (χ4v) is 1.80. The summed E-state index contributed by atoms with van der Waals surface area (Å²) in [5, 5.41) is 2.97. The summed E-state index contributed by atoms with van der Waals surface area (Å²) in [5.41, 5.74) is 1.63. The number of nitrogens with zero attached hydrogens (tertiary/aromatic N) is 3. The second-order valence-corrected chi connectivity index (χ2v) is 4.21. The van der Waals surface area contributed by atoms with Crippen LogP contribution in [0.4, 0.5) is 5.82 Å². The van der Waals surface area contributed by atoms with Crippen LogP contribution in [-0.2, 0) is 4.74 Å². The number of anilines is 1. The number of hydrogen-bond acceptors (Lipinski definition) is 5. The van der Waals surface area contributed by atoms with Crippen molar-refractivity contribution in [3.8, 4) is 0 Å². The zero-order chi connectivity index (χ0) is 13.7. The maximum atomic E-state index is 5.68. The highest BCUT2D eigenvalue weighted by Gasteiger charge is 2.21. The summed E-state index contributed by atoms with van der Waals surface area (Å²) in [5.74, 6) is 1.93. The van der Waals surface area contributed by atoms with Gasteiger partial charge in [-0.25, -0.2) is 15.0 Å². The number of rotatable bonds is 4. The van der Waals surface area contributed by atoms with Gasteiger partial charge in [0.15, 0.2) is 0 Å². The van der Waals surface area contributed by atoms with Gasteiger partial charge in [-0.15, -0.1) is 9.24 Å². The lowest BCUT2D eigenvalue weighted by Crippen LogP contribution is -2.07. The molecule has 0 aromatic carbocycles. The first-order valence-electron chi connectivity index (χ1n) is 6.14. The van der Waals surface area contributed by atoms with Gasteiger partial charge in [-0.3, -0.25) is 0 Å². The van der Waals surface area contributed by atoms with Crippen LogP contribution < -0.4 is 5.32 Å². The minimum Gasteiger partial charge on any atom is -0.418 e. The fraction of sp³-hybridized carbons (Fsp3) is 0.308. The maximum absolute atomic E-state index is 5.68. The molecule has 0 saturated heterocycles. The maximum Gasteiger partial charge on any atom is 0.242 e. The number of aromatic nitrogens is 1. The molecule has 0 bridgehead atoms. The Kier molecular flexibility index (Phi) is 4.63. The Morgan fingerprint density at radius 1 is 1.47 bits per heavy atom. The first kappa shape index (κ1) is 13.7. The third kappa shape index (κ3) is 3.18. The molecular formula is C13H17N4OP. The largest absolute Gasteiger partial charge is 0.418 e. The van der Waals surface area contributed by atoms with Crippen molar-refractivity contribution in [2.45, 2.75) is 13.3 Å². The van der Waals surface area contributed by atoms with E-state index in [0.29, 0.717) is 18.1 Å². The highest BCUT2D eigenvalue weighted by Crippen LogP contribution is 2.18. The molecule has 2 rings (SSSR count). The third-order valence-corrected chi connectivity index (χ3v) is 2.72. The van der Waals surface area contributed by atoms with Crippen molar-refractivity contribution in [2.75, 3.05) is 18.7 Å². The lowest BCUT2D eigenvalue weighted by molar-refractivity contribution is 0.563. The van der Waals surface area contributed by atoms with Gasteiger partial charge < -0.3 is 10.1 Å². The average molecular weight is 276 g/mol. The number of allylic oxidation sites excluding steroid dienone is 1. The van der Waals surface area contributed by atoms with Crippen molar-refractivity contribution >= 4 is 26.9 Å². The van der Waals surface area contributed by atoms with Crippen molar-refractivity contribution in [1.29, 1.82) is 0 Å². The van der Waals surface area contributed by atoms with Gasteiger partial charge in [-0.1, -0.05) is 13.0 Å². The number of nitrogens with one attached hydrogen (secondary N) is 1. The highest BCUT2D eigenvalue weighted by atomic mass is 31.0. The van der Waals surface area contributed by atoms with Crippen LogP contribution in [-0.4, -0.2) is 30.1 Å². The normalized spacial score (nSPS) is 18.6. The Morgan fingerprint density at radius 3 is 2.89 bits per heavy atom. The molecule has 0 fully saturated rings. The third-order valence-electron chi connectivity index (χ3n) is 2.53. The van der Waals surface area contributed by atoms with Crippen LogP contribution in [0.3, 0.4) is 0 Å². The summed E-state index contributed by atoms with van der Waals surface area (Å²) in [6.45, 7) is 2.06. The summed E-state index contributed by atoms with van der Waals surface area (Å²) < 4.78 is 5.68. The van der Waals surface area contributed by atoms with E-state index in [1.54, 1.807) is 6.20 Å². The molecule has 1 atom stereocenters. The Hall–Kier alpha value is -1.74. The molecule has 1 unspecified atom stereocenters. The summed E-state index contributed by atoms with van der Waals surface area (Å²) in [6, 6.07) is 3.81. The lowest BCUT2D eigenvalue weighted by atomic mass is 10.3. The van der Waals surface area contributed by atoms with Crippen LogP contribution in [0.1, 0.15) is 18.9 Å². The van der Waals surface area contributed by atoms with Crippen LogP contribution in [0, 0.1) is 0 Å². The summed E-state index contributed by atoms with van der Waals surface area (Å²) in [4.78, 5) is 13.0. The van der Waals surface area contributed by atoms with Gasteiger partial charge in [0.05, 0.1) is 11.8 Å². The quantitative estimate of drug-likeness (QED) is 0.859. The Bertz CT molecular complexity index is 534. The SMILES string of the molecule is CC/C=C1/N=C(c2ccc(NC)nc2)O/C1=N/CP. The van der Waals surface area contributed by atoms with Gasteiger partial charge in [0, 0.05) is 13.2 Å². The van der Waals surface area contributed by atoms with Crippen molar-refractivity contribution in [3.63, 3.8) is 0 Å². The number of pyridine rings is 1. The lowest BCUT2D eigenvalue weighted by Gasteiger charge is -2.02. The second kappa shape index (κ2) is 6.43. The number of hydrogen-bond donors (Lipinski definition) is 1. The van der Waals surface area contributed by atoms with Gasteiger partial charge in [0.1, 0.15) is 11.5 Å². The van der Waals surface area contributed by atoms with Crippen molar-refractivity contribution in [2.24, 2.45) is 9.98 Å². The van der Waals surface area contributed by atoms with Gasteiger partial charge >= 0.3 is 0 Å². The molecule has 5 nitrogen and oxygen atoms in total. The van der Waals surface area contributed by atoms with E-state index < -0.39 is 0 Å². The average Bonchev–Trinajstić information content (AvgIpc) is 2.83. The van der Waals surface area contributed by atoms with E-state index in [1.807, 2.05) is 25.3 Å². The predicted octanol–water partition coefficient (Wildman–Crippen LogP) is 2.43. The van der Waals surface area contributed by atoms with E-state index in [0.717, 1.165) is 23.5 Å². The molecule has 6 heteroatoms. The minimum atomic E-state index is 0.548. The molecule has 0 spiro atoms. The van der Waals surface area contributed by atoms with Crippen LogP contribution >= 0.6 is 9.24 Å². The van der Waals surface area contributed by atoms with E-state index in [1.165, 1.54) is 0 Å². The van der Waals surface area contributed by atoms with Gasteiger partial charge in [-0.2, -0.15) is 0 Å². The monoisotopic (exact) mass is 276 g/mol. The Morgan fingerprint density at radius 2 is 2.32 bits per heavy atom. The minimum absolute atomic E-state index is 0.548. The fourth-order valence-electron chi connectivity index (χ4n) is 1.64. The van der Waals surface area contributed by atoms with Crippen LogP contribution in [0.2, 0.25) is 0 Å². The zero-order valence-corrected chi connectivity index (χ0v) is 12.2. The molecule has 1 aliphatic heterocycles. The zero-order valence-electron chi connectivity index (χ0n) is 11.1. The van der Waals surface area contributed by atoms with Gasteiger partial charge in [0.2, 0.25) is 11.8 Å². The summed E-state index contributed by atoms with van der Waals surface area (Å²) >= 11 is 0. The number of aliphatic imine (C=N–C) groups is 2. The molecule has 0 radical (unpaired) electrons. The van der Waals surface area contributed by atoms with Crippen LogP contribution in [0.25, 0.3) is 0 Å². The topological polar surface area (TPSA) is 58.9 Å². The first-order valence-corrected chi connectivity index (χ1v) is 6.96. The van der Waals surface area contributed by atoms with Crippen LogP contribution in [0.15, 0.2) is 40.1 Å². The predicted molar refractivity (Wildman–Crippen MR) is 81.8 cm³/mol. The molecule has 1 N–H and O–H groups in total. The number of ether oxygens (including phenoxy) is 1. The van der Waals surface area contributed by atoms with Crippen molar-refractivity contribution in [3.05, 3.63) is 35.7 Å². The Balaban J connectivity index is 2.28. The molecular weight excluding hydrogens is 259 g/mol. The molecule has 100 valence electrons. The van der Waals surface area contributed by atoms with Crippen molar-refractivity contribution in [1.82, 2.24) is 4.98 Å². The molecule has 0 amide bonds. The van der Waals surface area contributed by atoms with Gasteiger partial charge in [0.25, 0.3) is 0 Å². The molecule has 19 heavy (non-hydrogen) atoms. The molecule has 1 aromatic heterocycles. The first-order chi connectivity index (χ1) is 9.28. The van der Waals surface area contributed by atoms with Gasteiger partial charge in [-0.05, 0) is 18.6 Å². The highest BCUT2D eigenvalue weighted by molar-refractivity contribution is 7.16. The molecule has 0 saturated carbocycles. The smallest absolute Gasteiger partial charge is 0.242 e. The summed E-state index contributed by atoms with van der Waals surface area (Å²) in [7, 11) is 4.38. The molecule has 1 aliphatic rings. The van der Waals surface area contributed by atoms with E-state index in [4.69, 9.17) is 4.74 Å². The molecule has 1 aromatic rings. The van der Waals surface area contributed by atoms with Crippen molar-refractivity contribution < 1.29 is 4.74 Å². The van der Waals surface area contributed by atoms with Crippen LogP contribution in [0.5, 0.6) is 0 Å². The van der Waals surface area contributed by atoms with E-state index in [9.17, 15) is 0 Å².